The van der Waals surface area contributed by atoms with E-state index in [0.717, 1.165) is 15.7 Å². The van der Waals surface area contributed by atoms with Gasteiger partial charge in [0, 0.05) is 17.2 Å². The van der Waals surface area contributed by atoms with E-state index in [2.05, 4.69) is 31.4 Å². The van der Waals surface area contributed by atoms with E-state index in [9.17, 15) is 4.79 Å². The first-order chi connectivity index (χ1) is 9.47. The number of aryl methyl sites for hydroxylation is 1. The molecule has 1 aromatic carbocycles. The maximum Gasteiger partial charge on any atom is 0.234 e. The second-order valence-electron chi connectivity index (χ2n) is 4.20. The SMILES string of the molecule is Cc1cc(Br)ccc1NC(=O)CSc1nnc(N)n1C. The quantitative estimate of drug-likeness (QED) is 0.821. The highest BCUT2D eigenvalue weighted by molar-refractivity contribution is 9.10. The van der Waals surface area contributed by atoms with E-state index in [1.54, 1.807) is 11.6 Å². The van der Waals surface area contributed by atoms with Gasteiger partial charge in [-0.15, -0.1) is 10.2 Å². The van der Waals surface area contributed by atoms with Crippen molar-refractivity contribution in [1.29, 1.82) is 0 Å². The van der Waals surface area contributed by atoms with E-state index in [0.29, 0.717) is 11.1 Å². The number of thioether (sulfide) groups is 1. The van der Waals surface area contributed by atoms with E-state index >= 15 is 0 Å². The monoisotopic (exact) mass is 355 g/mol. The predicted molar refractivity (Wildman–Crippen MR) is 83.6 cm³/mol. The van der Waals surface area contributed by atoms with Crippen LogP contribution in [0.4, 0.5) is 11.6 Å². The van der Waals surface area contributed by atoms with Crippen LogP contribution in [0.3, 0.4) is 0 Å². The van der Waals surface area contributed by atoms with Crippen molar-refractivity contribution in [3.8, 4) is 0 Å². The van der Waals surface area contributed by atoms with Gasteiger partial charge in [0.15, 0.2) is 5.16 Å². The van der Waals surface area contributed by atoms with Gasteiger partial charge in [0.25, 0.3) is 0 Å². The Labute approximate surface area is 129 Å². The number of halogens is 1. The van der Waals surface area contributed by atoms with Crippen molar-refractivity contribution in [3.63, 3.8) is 0 Å². The van der Waals surface area contributed by atoms with Crippen LogP contribution < -0.4 is 11.1 Å². The van der Waals surface area contributed by atoms with Crippen LogP contribution >= 0.6 is 27.7 Å². The number of anilines is 2. The molecule has 8 heteroatoms. The minimum atomic E-state index is -0.0954. The van der Waals surface area contributed by atoms with E-state index in [-0.39, 0.29) is 11.7 Å². The number of carbonyl (C=O) groups excluding carboxylic acids is 1. The third-order valence-electron chi connectivity index (χ3n) is 2.66. The van der Waals surface area contributed by atoms with Crippen molar-refractivity contribution in [1.82, 2.24) is 14.8 Å². The maximum absolute atomic E-state index is 11.9. The molecule has 20 heavy (non-hydrogen) atoms. The summed E-state index contributed by atoms with van der Waals surface area (Å²) < 4.78 is 2.62. The minimum absolute atomic E-state index is 0.0954. The van der Waals surface area contributed by atoms with Gasteiger partial charge in [-0.25, -0.2) is 0 Å². The van der Waals surface area contributed by atoms with Crippen molar-refractivity contribution in [2.45, 2.75) is 12.1 Å². The smallest absolute Gasteiger partial charge is 0.234 e. The van der Waals surface area contributed by atoms with Crippen LogP contribution in [0.1, 0.15) is 5.56 Å². The molecular formula is C12H14BrN5OS. The molecule has 0 unspecified atom stereocenters. The molecule has 0 radical (unpaired) electrons. The summed E-state index contributed by atoms with van der Waals surface area (Å²) in [7, 11) is 1.76. The van der Waals surface area contributed by atoms with Crippen LogP contribution in [-0.2, 0) is 11.8 Å². The lowest BCUT2D eigenvalue weighted by molar-refractivity contribution is -0.113. The van der Waals surface area contributed by atoms with Gasteiger partial charge < -0.3 is 11.1 Å². The Morgan fingerprint density at radius 3 is 2.85 bits per heavy atom. The number of carbonyl (C=O) groups is 1. The molecule has 1 heterocycles. The Kier molecular flexibility index (Phi) is 4.66. The fraction of sp³-hybridized carbons (Fsp3) is 0.250. The molecule has 3 N–H and O–H groups in total. The molecule has 0 fully saturated rings. The van der Waals surface area contributed by atoms with Crippen molar-refractivity contribution < 1.29 is 4.79 Å². The van der Waals surface area contributed by atoms with Crippen LogP contribution in [0.2, 0.25) is 0 Å². The molecule has 0 aliphatic heterocycles. The normalized spacial score (nSPS) is 10.6. The summed E-state index contributed by atoms with van der Waals surface area (Å²) in [4.78, 5) is 11.9. The molecule has 1 aromatic heterocycles. The molecule has 0 aliphatic carbocycles. The molecule has 0 saturated heterocycles. The number of hydrogen-bond donors (Lipinski definition) is 2. The number of amides is 1. The van der Waals surface area contributed by atoms with Crippen LogP contribution in [0, 0.1) is 6.92 Å². The van der Waals surface area contributed by atoms with Crippen molar-refractivity contribution in [2.24, 2.45) is 7.05 Å². The van der Waals surface area contributed by atoms with Crippen molar-refractivity contribution in [2.75, 3.05) is 16.8 Å². The zero-order chi connectivity index (χ0) is 14.7. The molecular weight excluding hydrogens is 342 g/mol. The second-order valence-corrected chi connectivity index (χ2v) is 6.05. The number of nitrogens with two attached hydrogens (primary N) is 1. The number of nitrogens with zero attached hydrogens (tertiary/aromatic N) is 3. The maximum atomic E-state index is 11.9. The Balaban J connectivity index is 1.94. The topological polar surface area (TPSA) is 85.8 Å². The van der Waals surface area contributed by atoms with Crippen LogP contribution in [-0.4, -0.2) is 26.4 Å². The minimum Gasteiger partial charge on any atom is -0.368 e. The lowest BCUT2D eigenvalue weighted by atomic mass is 10.2. The molecule has 0 atom stereocenters. The lowest BCUT2D eigenvalue weighted by Gasteiger charge is -2.08. The molecule has 0 spiro atoms. The highest BCUT2D eigenvalue weighted by atomic mass is 79.9. The fourth-order valence-corrected chi connectivity index (χ4v) is 2.73. The Morgan fingerprint density at radius 2 is 2.25 bits per heavy atom. The summed E-state index contributed by atoms with van der Waals surface area (Å²) in [5.41, 5.74) is 7.38. The molecule has 6 nitrogen and oxygen atoms in total. The Bertz CT molecular complexity index is 643. The summed E-state index contributed by atoms with van der Waals surface area (Å²) in [5.74, 6) is 0.486. The van der Waals surface area contributed by atoms with E-state index in [4.69, 9.17) is 5.73 Å². The van der Waals surface area contributed by atoms with Gasteiger partial charge >= 0.3 is 0 Å². The van der Waals surface area contributed by atoms with E-state index in [1.807, 2.05) is 25.1 Å². The van der Waals surface area contributed by atoms with Gasteiger partial charge in [-0.05, 0) is 30.7 Å². The molecule has 2 aromatic rings. The predicted octanol–water partition coefficient (Wildman–Crippen LogP) is 2.20. The van der Waals surface area contributed by atoms with Gasteiger partial charge in [-0.2, -0.15) is 0 Å². The van der Waals surface area contributed by atoms with Gasteiger partial charge in [0.2, 0.25) is 11.9 Å². The first-order valence-electron chi connectivity index (χ1n) is 5.81. The number of nitrogens with one attached hydrogen (secondary N) is 1. The largest absolute Gasteiger partial charge is 0.368 e. The van der Waals surface area contributed by atoms with Gasteiger partial charge in [0.05, 0.1) is 5.75 Å². The molecule has 106 valence electrons. The summed E-state index contributed by atoms with van der Waals surface area (Å²) in [6, 6.07) is 5.70. The second kappa shape index (κ2) is 6.27. The standard InChI is InChI=1S/C12H14BrN5OS/c1-7-5-8(13)3-4-9(7)15-10(19)6-20-12-17-16-11(14)18(12)2/h3-5H,6H2,1-2H3,(H2,14,16)(H,15,19). The number of rotatable bonds is 4. The third-order valence-corrected chi connectivity index (χ3v) is 4.18. The lowest BCUT2D eigenvalue weighted by Crippen LogP contribution is -2.15. The van der Waals surface area contributed by atoms with Crippen LogP contribution in [0.25, 0.3) is 0 Å². The number of aromatic nitrogens is 3. The fourth-order valence-electron chi connectivity index (χ4n) is 1.54. The van der Waals surface area contributed by atoms with Gasteiger partial charge in [-0.1, -0.05) is 27.7 Å². The Morgan fingerprint density at radius 1 is 1.50 bits per heavy atom. The third kappa shape index (κ3) is 3.51. The first-order valence-corrected chi connectivity index (χ1v) is 7.59. The summed E-state index contributed by atoms with van der Waals surface area (Å²) in [5, 5.41) is 11.1. The number of benzene rings is 1. The highest BCUT2D eigenvalue weighted by Crippen LogP contribution is 2.21. The van der Waals surface area contributed by atoms with Crippen LogP contribution in [0.5, 0.6) is 0 Å². The zero-order valence-corrected chi connectivity index (χ0v) is 13.5. The average molecular weight is 356 g/mol. The van der Waals surface area contributed by atoms with Crippen LogP contribution in [0.15, 0.2) is 27.8 Å². The highest BCUT2D eigenvalue weighted by Gasteiger charge is 2.10. The number of nitrogen functional groups attached to an aromatic ring is 1. The summed E-state index contributed by atoms with van der Waals surface area (Å²) in [6.45, 7) is 1.94. The molecule has 0 bridgehead atoms. The number of hydrogen-bond acceptors (Lipinski definition) is 5. The van der Waals surface area contributed by atoms with E-state index < -0.39 is 0 Å². The molecule has 2 rings (SSSR count). The molecule has 0 aliphatic rings. The average Bonchev–Trinajstić information content (AvgIpc) is 2.71. The summed E-state index contributed by atoms with van der Waals surface area (Å²) in [6.07, 6.45) is 0. The van der Waals surface area contributed by atoms with Gasteiger partial charge in [-0.3, -0.25) is 9.36 Å². The Hall–Kier alpha value is -1.54. The van der Waals surface area contributed by atoms with Crippen molar-refractivity contribution in [3.05, 3.63) is 28.2 Å². The first kappa shape index (κ1) is 14.9. The van der Waals surface area contributed by atoms with Crippen molar-refractivity contribution >= 4 is 45.2 Å². The molecule has 1 amide bonds. The van der Waals surface area contributed by atoms with E-state index in [1.165, 1.54) is 11.8 Å². The van der Waals surface area contributed by atoms with Gasteiger partial charge in [0.1, 0.15) is 0 Å². The summed E-state index contributed by atoms with van der Waals surface area (Å²) >= 11 is 4.68. The molecule has 0 saturated carbocycles. The zero-order valence-electron chi connectivity index (χ0n) is 11.1.